The fraction of sp³-hybridized carbons (Fsp3) is 0.757. The van der Waals surface area contributed by atoms with Crippen molar-refractivity contribution >= 4 is 17.9 Å². The van der Waals surface area contributed by atoms with E-state index in [-0.39, 0.29) is 31.1 Å². The van der Waals surface area contributed by atoms with E-state index in [1.54, 1.807) is 0 Å². The van der Waals surface area contributed by atoms with Gasteiger partial charge >= 0.3 is 17.9 Å². The summed E-state index contributed by atoms with van der Waals surface area (Å²) in [4.78, 5) is 38.3. The van der Waals surface area contributed by atoms with Gasteiger partial charge in [0.2, 0.25) is 0 Å². The van der Waals surface area contributed by atoms with E-state index in [9.17, 15) is 14.4 Å². The lowest BCUT2D eigenvalue weighted by atomic mass is 10.0. The van der Waals surface area contributed by atoms with Crippen LogP contribution in [-0.4, -0.2) is 37.2 Å². The van der Waals surface area contributed by atoms with Crippen molar-refractivity contribution in [1.82, 2.24) is 0 Å². The van der Waals surface area contributed by atoms with Crippen LogP contribution in [0.5, 0.6) is 0 Å². The van der Waals surface area contributed by atoms with E-state index in [1.165, 1.54) is 186 Å². The van der Waals surface area contributed by atoms with Crippen LogP contribution in [0.2, 0.25) is 0 Å². The summed E-state index contributed by atoms with van der Waals surface area (Å²) in [6.45, 7) is 6.54. The molecule has 0 N–H and O–H groups in total. The SMILES string of the molecule is CC/C=C\C/C=C\C/C=C\C/C=C\C/C=C\C/C=C\CCCCCCCCCCCCC(=O)OCC(COC(=O)CCCCCCCCCCCCCC)OC(=O)CCCCCCCCC/C=C\CCCCCCCC. The smallest absolute Gasteiger partial charge is 0.306 e. The largest absolute Gasteiger partial charge is 0.462 e. The topological polar surface area (TPSA) is 78.9 Å². The van der Waals surface area contributed by atoms with Gasteiger partial charge in [-0.15, -0.1) is 0 Å². The first-order valence-corrected chi connectivity index (χ1v) is 32.6. The second-order valence-electron chi connectivity index (χ2n) is 21.6. The summed E-state index contributed by atoms with van der Waals surface area (Å²) < 4.78 is 16.9. The molecule has 0 aromatic heterocycles. The van der Waals surface area contributed by atoms with Crippen molar-refractivity contribution in [2.45, 2.75) is 329 Å². The number of hydrogen-bond donors (Lipinski definition) is 0. The summed E-state index contributed by atoms with van der Waals surface area (Å²) in [5.74, 6) is -0.871. The molecule has 0 saturated carbocycles. The molecule has 0 aliphatic carbocycles. The normalized spacial score (nSPS) is 12.6. The molecule has 0 radical (unpaired) electrons. The molecule has 0 rings (SSSR count). The fourth-order valence-corrected chi connectivity index (χ4v) is 9.27. The van der Waals surface area contributed by atoms with Crippen LogP contribution in [0.1, 0.15) is 323 Å². The number of carbonyl (C=O) groups is 3. The highest BCUT2D eigenvalue weighted by atomic mass is 16.6. The molecule has 6 heteroatoms. The minimum absolute atomic E-state index is 0.0756. The van der Waals surface area contributed by atoms with Gasteiger partial charge in [0.1, 0.15) is 13.2 Å². The van der Waals surface area contributed by atoms with Crippen LogP contribution in [0.25, 0.3) is 0 Å². The predicted octanol–water partition coefficient (Wildman–Crippen LogP) is 22.3. The molecule has 1 unspecified atom stereocenters. The standard InChI is InChI=1S/C70H122O6/c1-4-7-10-13-16-19-22-25-27-29-30-31-32-33-34-35-36-37-38-39-40-42-43-45-48-51-54-57-60-63-69(72)75-66-67(65-74-68(71)62-59-56-53-50-47-24-21-18-15-12-9-6-3)76-70(73)64-61-58-55-52-49-46-44-41-28-26-23-20-17-14-11-8-5-2/h7,10,16,19,25-28,30-31,33-34,36-37,67H,4-6,8-9,11-15,17-18,20-24,29,32,35,38-66H2,1-3H3/b10-7-,19-16-,27-25-,28-26-,31-30-,34-33-,37-36-. The van der Waals surface area contributed by atoms with Gasteiger partial charge in [-0.1, -0.05) is 292 Å². The maximum Gasteiger partial charge on any atom is 0.306 e. The van der Waals surface area contributed by atoms with Crippen molar-refractivity contribution in [3.8, 4) is 0 Å². The number of hydrogen-bond acceptors (Lipinski definition) is 6. The Morgan fingerprint density at radius 3 is 0.816 bits per heavy atom. The minimum atomic E-state index is -0.779. The van der Waals surface area contributed by atoms with Gasteiger partial charge in [0.15, 0.2) is 6.10 Å². The zero-order valence-corrected chi connectivity index (χ0v) is 50.3. The number of ether oxygens (including phenoxy) is 3. The van der Waals surface area contributed by atoms with Crippen molar-refractivity contribution in [3.05, 3.63) is 85.1 Å². The summed E-state index contributed by atoms with van der Waals surface area (Å²) in [6.07, 6.45) is 84.5. The van der Waals surface area contributed by atoms with Crippen molar-refractivity contribution in [3.63, 3.8) is 0 Å². The molecule has 1 atom stereocenters. The van der Waals surface area contributed by atoms with Gasteiger partial charge in [-0.3, -0.25) is 14.4 Å². The Labute approximate surface area is 471 Å². The molecular weight excluding hydrogens is 937 g/mol. The van der Waals surface area contributed by atoms with Crippen LogP contribution in [0.15, 0.2) is 85.1 Å². The van der Waals surface area contributed by atoms with Gasteiger partial charge < -0.3 is 14.2 Å². The zero-order chi connectivity index (χ0) is 55.0. The molecule has 0 aliphatic rings. The second kappa shape index (κ2) is 64.1. The van der Waals surface area contributed by atoms with Crippen LogP contribution in [-0.2, 0) is 28.6 Å². The summed E-state index contributed by atoms with van der Waals surface area (Å²) >= 11 is 0. The Kier molecular flexibility index (Phi) is 61.2. The maximum atomic E-state index is 12.9. The lowest BCUT2D eigenvalue weighted by Crippen LogP contribution is -2.30. The fourth-order valence-electron chi connectivity index (χ4n) is 9.27. The second-order valence-corrected chi connectivity index (χ2v) is 21.6. The Morgan fingerprint density at radius 2 is 0.513 bits per heavy atom. The molecule has 0 saturated heterocycles. The Balaban J connectivity index is 4.26. The van der Waals surface area contributed by atoms with Crippen LogP contribution < -0.4 is 0 Å². The summed E-state index contributed by atoms with van der Waals surface area (Å²) in [5.41, 5.74) is 0. The van der Waals surface area contributed by atoms with E-state index in [0.29, 0.717) is 19.3 Å². The molecule has 0 heterocycles. The third-order valence-corrected chi connectivity index (χ3v) is 14.1. The van der Waals surface area contributed by atoms with Crippen LogP contribution >= 0.6 is 0 Å². The van der Waals surface area contributed by atoms with Crippen molar-refractivity contribution in [2.75, 3.05) is 13.2 Å². The quantitative estimate of drug-likeness (QED) is 0.0261. The average molecular weight is 1060 g/mol. The summed E-state index contributed by atoms with van der Waals surface area (Å²) in [6, 6.07) is 0. The third-order valence-electron chi connectivity index (χ3n) is 14.1. The highest BCUT2D eigenvalue weighted by molar-refractivity contribution is 5.71. The van der Waals surface area contributed by atoms with E-state index in [2.05, 4.69) is 106 Å². The first-order chi connectivity index (χ1) is 37.5. The maximum absolute atomic E-state index is 12.9. The molecule has 0 bridgehead atoms. The lowest BCUT2D eigenvalue weighted by molar-refractivity contribution is -0.167. The minimum Gasteiger partial charge on any atom is -0.462 e. The van der Waals surface area contributed by atoms with E-state index < -0.39 is 6.10 Å². The van der Waals surface area contributed by atoms with Gasteiger partial charge in [-0.25, -0.2) is 0 Å². The average Bonchev–Trinajstić information content (AvgIpc) is 3.42. The van der Waals surface area contributed by atoms with Crippen molar-refractivity contribution < 1.29 is 28.6 Å². The van der Waals surface area contributed by atoms with Gasteiger partial charge in [-0.2, -0.15) is 0 Å². The van der Waals surface area contributed by atoms with Gasteiger partial charge in [-0.05, 0) is 96.3 Å². The number of carbonyl (C=O) groups excluding carboxylic acids is 3. The molecule has 76 heavy (non-hydrogen) atoms. The number of unbranched alkanes of at least 4 members (excludes halogenated alkanes) is 34. The Bertz CT molecular complexity index is 1450. The van der Waals surface area contributed by atoms with Gasteiger partial charge in [0.25, 0.3) is 0 Å². The first-order valence-electron chi connectivity index (χ1n) is 32.6. The molecular formula is C70H122O6. The number of esters is 3. The van der Waals surface area contributed by atoms with Crippen LogP contribution in [0.4, 0.5) is 0 Å². The van der Waals surface area contributed by atoms with E-state index in [1.807, 2.05) is 0 Å². The van der Waals surface area contributed by atoms with Crippen LogP contribution in [0, 0.1) is 0 Å². The predicted molar refractivity (Wildman–Crippen MR) is 330 cm³/mol. The van der Waals surface area contributed by atoms with Gasteiger partial charge in [0, 0.05) is 19.3 Å². The molecule has 0 aromatic carbocycles. The molecule has 6 nitrogen and oxygen atoms in total. The molecule has 0 fully saturated rings. The lowest BCUT2D eigenvalue weighted by Gasteiger charge is -2.18. The monoisotopic (exact) mass is 1060 g/mol. The number of allylic oxidation sites excluding steroid dienone is 14. The Morgan fingerprint density at radius 1 is 0.276 bits per heavy atom. The molecule has 0 aliphatic heterocycles. The molecule has 438 valence electrons. The summed E-state index contributed by atoms with van der Waals surface area (Å²) in [7, 11) is 0. The van der Waals surface area contributed by atoms with Crippen molar-refractivity contribution in [1.29, 1.82) is 0 Å². The van der Waals surface area contributed by atoms with E-state index in [4.69, 9.17) is 14.2 Å². The Hall–Kier alpha value is -3.41. The van der Waals surface area contributed by atoms with Crippen LogP contribution in [0.3, 0.4) is 0 Å². The zero-order valence-electron chi connectivity index (χ0n) is 50.3. The highest BCUT2D eigenvalue weighted by Crippen LogP contribution is 2.16. The van der Waals surface area contributed by atoms with Crippen molar-refractivity contribution in [2.24, 2.45) is 0 Å². The summed E-state index contributed by atoms with van der Waals surface area (Å²) in [5, 5.41) is 0. The third kappa shape index (κ3) is 61.4. The number of rotatable bonds is 59. The van der Waals surface area contributed by atoms with E-state index >= 15 is 0 Å². The molecule has 0 aromatic rings. The highest BCUT2D eigenvalue weighted by Gasteiger charge is 2.19. The molecule has 0 spiro atoms. The molecule has 0 amide bonds. The first kappa shape index (κ1) is 72.6. The van der Waals surface area contributed by atoms with Gasteiger partial charge in [0.05, 0.1) is 0 Å². The van der Waals surface area contributed by atoms with E-state index in [0.717, 1.165) is 96.3 Å².